The highest BCUT2D eigenvalue weighted by Crippen LogP contribution is 2.65. The fourth-order valence-corrected chi connectivity index (χ4v) is 8.57. The predicted octanol–water partition coefficient (Wildman–Crippen LogP) is 5.39. The number of hydrogen-bond acceptors (Lipinski definition) is 5. The minimum Gasteiger partial charge on any atom is -0.392 e. The first-order valence-corrected chi connectivity index (χ1v) is 13.6. The SMILES string of the molecule is C[C@]12CC[C@H]3[C@@H](CCC4=C(c5ccccc5-c5cncnc5)C(=O)CC[C@@H]43)[C@@H]1CC[C@@]2(O)/C=C\CO. The second kappa shape index (κ2) is 9.04. The van der Waals surface area contributed by atoms with Crippen LogP contribution in [0.15, 0.2) is 60.7 Å². The Balaban J connectivity index is 1.37. The molecule has 3 saturated carbocycles. The number of Topliss-reactive ketones (excluding diaryl/α,β-unsaturated/α-hetero) is 1. The first-order valence-electron chi connectivity index (χ1n) is 13.6. The molecule has 0 saturated heterocycles. The molecule has 0 spiro atoms. The van der Waals surface area contributed by atoms with Crippen LogP contribution in [0.4, 0.5) is 0 Å². The van der Waals surface area contributed by atoms with Crippen LogP contribution in [-0.2, 0) is 4.79 Å². The molecule has 6 rings (SSSR count). The van der Waals surface area contributed by atoms with Crippen molar-refractivity contribution in [3.05, 3.63) is 66.3 Å². The summed E-state index contributed by atoms with van der Waals surface area (Å²) in [6.45, 7) is 2.25. The van der Waals surface area contributed by atoms with Crippen molar-refractivity contribution in [1.29, 1.82) is 0 Å². The summed E-state index contributed by atoms with van der Waals surface area (Å²) >= 11 is 0. The standard InChI is InChI=1S/C31H36N2O3/c1-30-14-11-23-22-9-10-28(35)29(25-6-3-2-5-21(25)20-17-32-19-33-18-20)26(22)8-7-24(23)27(30)12-15-31(30,36)13-4-16-34/h2-6,13,17-19,22-24,27,34,36H,7-12,14-16H2,1H3/b13-4-/t22-,23-,24-,27+,30+,31+/m1/s1. The number of aliphatic hydroxyl groups excluding tert-OH is 1. The number of carbonyl (C=O) groups is 1. The van der Waals surface area contributed by atoms with Crippen molar-refractivity contribution >= 4 is 11.4 Å². The summed E-state index contributed by atoms with van der Waals surface area (Å²) in [5.41, 5.74) is 4.35. The average Bonchev–Trinajstić information content (AvgIpc) is 3.18. The van der Waals surface area contributed by atoms with Crippen molar-refractivity contribution in [3.63, 3.8) is 0 Å². The molecule has 1 aromatic carbocycles. The Morgan fingerprint density at radius 3 is 2.56 bits per heavy atom. The summed E-state index contributed by atoms with van der Waals surface area (Å²) in [4.78, 5) is 21.9. The largest absolute Gasteiger partial charge is 0.392 e. The molecular formula is C31H36N2O3. The van der Waals surface area contributed by atoms with E-state index in [1.807, 2.05) is 30.6 Å². The highest BCUT2D eigenvalue weighted by atomic mass is 16.3. The van der Waals surface area contributed by atoms with Gasteiger partial charge >= 0.3 is 0 Å². The van der Waals surface area contributed by atoms with Crippen molar-refractivity contribution in [2.45, 2.75) is 63.9 Å². The Labute approximate surface area is 213 Å². The summed E-state index contributed by atoms with van der Waals surface area (Å²) in [6.07, 6.45) is 16.3. The van der Waals surface area contributed by atoms with Gasteiger partial charge in [0, 0.05) is 35.4 Å². The minimum absolute atomic E-state index is 0.0290. The van der Waals surface area contributed by atoms with E-state index in [1.54, 1.807) is 6.08 Å². The Bertz CT molecular complexity index is 1220. The van der Waals surface area contributed by atoms with E-state index < -0.39 is 5.60 Å². The highest BCUT2D eigenvalue weighted by molar-refractivity contribution is 6.24. The summed E-state index contributed by atoms with van der Waals surface area (Å²) in [5, 5.41) is 20.9. The summed E-state index contributed by atoms with van der Waals surface area (Å²) in [7, 11) is 0. The molecule has 1 aromatic heterocycles. The molecule has 2 N–H and O–H groups in total. The number of carbonyl (C=O) groups excluding carboxylic acids is 1. The van der Waals surface area contributed by atoms with Gasteiger partial charge in [0.2, 0.25) is 0 Å². The lowest BCUT2D eigenvalue weighted by molar-refractivity contribution is -0.115. The molecule has 0 unspecified atom stereocenters. The quantitative estimate of drug-likeness (QED) is 0.569. The van der Waals surface area contributed by atoms with E-state index in [1.165, 1.54) is 11.9 Å². The number of aliphatic hydroxyl groups is 2. The van der Waals surface area contributed by atoms with E-state index in [9.17, 15) is 15.0 Å². The predicted molar refractivity (Wildman–Crippen MR) is 140 cm³/mol. The zero-order valence-corrected chi connectivity index (χ0v) is 21.1. The number of benzene rings is 1. The van der Waals surface area contributed by atoms with Crippen molar-refractivity contribution in [2.75, 3.05) is 6.61 Å². The summed E-state index contributed by atoms with van der Waals surface area (Å²) < 4.78 is 0. The third-order valence-corrected chi connectivity index (χ3v) is 10.3. The highest BCUT2D eigenvalue weighted by Gasteiger charge is 2.61. The molecule has 36 heavy (non-hydrogen) atoms. The molecule has 0 amide bonds. The summed E-state index contributed by atoms with van der Waals surface area (Å²) in [6, 6.07) is 8.23. The molecular weight excluding hydrogens is 448 g/mol. The van der Waals surface area contributed by atoms with Crippen molar-refractivity contribution < 1.29 is 15.0 Å². The van der Waals surface area contributed by atoms with Crippen LogP contribution < -0.4 is 0 Å². The smallest absolute Gasteiger partial charge is 0.163 e. The molecule has 0 bridgehead atoms. The van der Waals surface area contributed by atoms with Crippen molar-refractivity contribution in [3.8, 4) is 11.1 Å². The van der Waals surface area contributed by atoms with Crippen LogP contribution in [-0.4, -0.2) is 38.2 Å². The second-order valence-corrected chi connectivity index (χ2v) is 11.6. The van der Waals surface area contributed by atoms with Gasteiger partial charge in [0.25, 0.3) is 0 Å². The maximum absolute atomic E-state index is 13.5. The molecule has 3 fully saturated rings. The van der Waals surface area contributed by atoms with Crippen LogP contribution in [0.3, 0.4) is 0 Å². The van der Waals surface area contributed by atoms with E-state index in [2.05, 4.69) is 29.0 Å². The number of allylic oxidation sites excluding steroid dienone is 1. The van der Waals surface area contributed by atoms with Gasteiger partial charge in [-0.25, -0.2) is 9.97 Å². The number of hydrogen-bond donors (Lipinski definition) is 2. The molecule has 2 aromatic rings. The van der Waals surface area contributed by atoms with Crippen LogP contribution in [0.25, 0.3) is 16.7 Å². The van der Waals surface area contributed by atoms with E-state index in [4.69, 9.17) is 0 Å². The van der Waals surface area contributed by atoms with Crippen LogP contribution in [0, 0.1) is 29.1 Å². The van der Waals surface area contributed by atoms with Gasteiger partial charge < -0.3 is 10.2 Å². The number of aromatic nitrogens is 2. The van der Waals surface area contributed by atoms with Crippen LogP contribution >= 0.6 is 0 Å². The van der Waals surface area contributed by atoms with Gasteiger partial charge in [0.15, 0.2) is 5.78 Å². The second-order valence-electron chi connectivity index (χ2n) is 11.6. The third kappa shape index (κ3) is 3.54. The Morgan fingerprint density at radius 1 is 1.00 bits per heavy atom. The molecule has 4 aliphatic carbocycles. The number of nitrogens with zero attached hydrogens (tertiary/aromatic N) is 2. The molecule has 5 heteroatoms. The Morgan fingerprint density at radius 2 is 1.78 bits per heavy atom. The Hall–Kier alpha value is -2.63. The first-order chi connectivity index (χ1) is 17.5. The molecule has 0 aliphatic heterocycles. The molecule has 0 radical (unpaired) electrons. The fourth-order valence-electron chi connectivity index (χ4n) is 8.57. The maximum atomic E-state index is 13.5. The van der Waals surface area contributed by atoms with Gasteiger partial charge in [0.1, 0.15) is 6.33 Å². The normalized spacial score (nSPS) is 36.0. The van der Waals surface area contributed by atoms with Gasteiger partial charge in [-0.2, -0.15) is 0 Å². The van der Waals surface area contributed by atoms with E-state index >= 15 is 0 Å². The fraction of sp³-hybridized carbons (Fsp3) is 0.516. The van der Waals surface area contributed by atoms with Gasteiger partial charge in [-0.15, -0.1) is 0 Å². The Kier molecular flexibility index (Phi) is 5.96. The van der Waals surface area contributed by atoms with E-state index in [-0.39, 0.29) is 17.8 Å². The van der Waals surface area contributed by atoms with Crippen molar-refractivity contribution in [2.24, 2.45) is 29.1 Å². The van der Waals surface area contributed by atoms with E-state index in [0.29, 0.717) is 30.1 Å². The minimum atomic E-state index is -0.828. The topological polar surface area (TPSA) is 83.3 Å². The maximum Gasteiger partial charge on any atom is 0.163 e. The lowest BCUT2D eigenvalue weighted by atomic mass is 9.50. The van der Waals surface area contributed by atoms with Gasteiger partial charge in [-0.1, -0.05) is 48.9 Å². The number of fused-ring (bicyclic) bond motifs is 5. The lowest BCUT2D eigenvalue weighted by Crippen LogP contribution is -2.52. The van der Waals surface area contributed by atoms with Gasteiger partial charge in [-0.05, 0) is 79.7 Å². The number of ketones is 1. The van der Waals surface area contributed by atoms with Crippen LogP contribution in [0.5, 0.6) is 0 Å². The molecule has 6 atom stereocenters. The van der Waals surface area contributed by atoms with Crippen LogP contribution in [0.2, 0.25) is 0 Å². The van der Waals surface area contributed by atoms with Crippen molar-refractivity contribution in [1.82, 2.24) is 9.97 Å². The van der Waals surface area contributed by atoms with Gasteiger partial charge in [-0.3, -0.25) is 4.79 Å². The average molecular weight is 485 g/mol. The third-order valence-electron chi connectivity index (χ3n) is 10.3. The summed E-state index contributed by atoms with van der Waals surface area (Å²) in [5.74, 6) is 2.37. The lowest BCUT2D eigenvalue weighted by Gasteiger charge is -2.55. The molecule has 1 heterocycles. The zero-order valence-electron chi connectivity index (χ0n) is 21.1. The zero-order chi connectivity index (χ0) is 24.9. The molecule has 188 valence electrons. The van der Waals surface area contributed by atoms with Gasteiger partial charge in [0.05, 0.1) is 12.2 Å². The van der Waals surface area contributed by atoms with Crippen LogP contribution in [0.1, 0.15) is 63.9 Å². The van der Waals surface area contributed by atoms with E-state index in [0.717, 1.165) is 67.2 Å². The monoisotopic (exact) mass is 484 g/mol. The molecule has 4 aliphatic rings. The number of rotatable bonds is 4. The first kappa shape index (κ1) is 23.7. The molecule has 5 nitrogen and oxygen atoms in total.